The van der Waals surface area contributed by atoms with E-state index < -0.39 is 11.9 Å². The van der Waals surface area contributed by atoms with E-state index in [0.29, 0.717) is 47.8 Å². The summed E-state index contributed by atoms with van der Waals surface area (Å²) in [6, 6.07) is 5.59. The average Bonchev–Trinajstić information content (AvgIpc) is 3.54. The number of methoxy groups -OCH3 is 1. The van der Waals surface area contributed by atoms with Crippen LogP contribution >= 0.6 is 0 Å². The van der Waals surface area contributed by atoms with Crippen molar-refractivity contribution in [1.82, 2.24) is 10.3 Å². The summed E-state index contributed by atoms with van der Waals surface area (Å²) in [5.41, 5.74) is 7.55. The van der Waals surface area contributed by atoms with Gasteiger partial charge in [0.05, 0.1) is 23.9 Å². The molecule has 1 aliphatic heterocycles. The lowest BCUT2D eigenvalue weighted by atomic mass is 9.99. The second kappa shape index (κ2) is 8.98. The third-order valence-electron chi connectivity index (χ3n) is 6.32. The molecular weight excluding hydrogens is 449 g/mol. The maximum atomic E-state index is 13.3. The molecule has 1 saturated heterocycles. The minimum atomic E-state index is -4.83. The van der Waals surface area contributed by atoms with E-state index in [1.807, 2.05) is 18.7 Å². The van der Waals surface area contributed by atoms with Gasteiger partial charge in [0, 0.05) is 30.9 Å². The SMILES string of the molecule is COc1ncc(C(=O)NC(C)C2CC2)c(N2CC[C@](C)(N)C2)c1-c1cccc(OC(F)(F)F)c1. The number of anilines is 1. The van der Waals surface area contributed by atoms with E-state index in [1.54, 1.807) is 6.07 Å². The maximum absolute atomic E-state index is 13.3. The molecule has 0 spiro atoms. The number of amides is 1. The molecule has 2 aliphatic rings. The van der Waals surface area contributed by atoms with Crippen LogP contribution in [0.5, 0.6) is 11.6 Å². The van der Waals surface area contributed by atoms with Crippen molar-refractivity contribution in [2.75, 3.05) is 25.1 Å². The predicted molar refractivity (Wildman–Crippen MR) is 122 cm³/mol. The third-order valence-corrected chi connectivity index (χ3v) is 6.32. The number of pyridine rings is 1. The molecule has 2 aromatic rings. The van der Waals surface area contributed by atoms with Gasteiger partial charge in [-0.05, 0) is 56.7 Å². The van der Waals surface area contributed by atoms with Crippen molar-refractivity contribution >= 4 is 11.6 Å². The largest absolute Gasteiger partial charge is 0.573 e. The lowest BCUT2D eigenvalue weighted by Crippen LogP contribution is -2.40. The Balaban J connectivity index is 1.84. The lowest BCUT2D eigenvalue weighted by Gasteiger charge is -2.28. The Morgan fingerprint density at radius 3 is 2.68 bits per heavy atom. The maximum Gasteiger partial charge on any atom is 0.573 e. The number of ether oxygens (including phenoxy) is 2. The predicted octanol–water partition coefficient (Wildman–Crippen LogP) is 4.11. The second-order valence-corrected chi connectivity index (χ2v) is 9.41. The monoisotopic (exact) mass is 478 g/mol. The summed E-state index contributed by atoms with van der Waals surface area (Å²) < 4.78 is 48.2. The number of benzene rings is 1. The molecule has 4 rings (SSSR count). The Morgan fingerprint density at radius 1 is 1.35 bits per heavy atom. The number of nitrogens with one attached hydrogen (secondary N) is 1. The number of aromatic nitrogens is 1. The molecular formula is C24H29F3N4O3. The number of rotatable bonds is 7. The molecule has 10 heteroatoms. The minimum absolute atomic E-state index is 0.00719. The molecule has 0 bridgehead atoms. The number of nitrogens with two attached hydrogens (primary N) is 1. The van der Waals surface area contributed by atoms with Crippen molar-refractivity contribution in [2.24, 2.45) is 11.7 Å². The van der Waals surface area contributed by atoms with Crippen LogP contribution in [-0.2, 0) is 0 Å². The molecule has 1 unspecified atom stereocenters. The van der Waals surface area contributed by atoms with Crippen molar-refractivity contribution in [1.29, 1.82) is 0 Å². The van der Waals surface area contributed by atoms with E-state index in [-0.39, 0.29) is 23.6 Å². The Kier molecular flexibility index (Phi) is 6.37. The van der Waals surface area contributed by atoms with Gasteiger partial charge in [0.2, 0.25) is 5.88 Å². The summed E-state index contributed by atoms with van der Waals surface area (Å²) in [5.74, 6) is -0.0237. The van der Waals surface area contributed by atoms with Crippen LogP contribution in [0.3, 0.4) is 0 Å². The summed E-state index contributed by atoms with van der Waals surface area (Å²) in [6.45, 7) is 4.93. The van der Waals surface area contributed by atoms with Crippen molar-refractivity contribution in [3.8, 4) is 22.8 Å². The highest BCUT2D eigenvalue weighted by molar-refractivity contribution is 6.04. The van der Waals surface area contributed by atoms with Gasteiger partial charge < -0.3 is 25.4 Å². The van der Waals surface area contributed by atoms with Crippen LogP contribution in [0.2, 0.25) is 0 Å². The molecule has 1 aliphatic carbocycles. The number of hydrogen-bond acceptors (Lipinski definition) is 6. The number of hydrogen-bond donors (Lipinski definition) is 2. The molecule has 34 heavy (non-hydrogen) atoms. The second-order valence-electron chi connectivity index (χ2n) is 9.41. The number of nitrogens with zero attached hydrogens (tertiary/aromatic N) is 2. The summed E-state index contributed by atoms with van der Waals surface area (Å²) in [4.78, 5) is 19.7. The van der Waals surface area contributed by atoms with E-state index in [2.05, 4.69) is 15.0 Å². The van der Waals surface area contributed by atoms with Gasteiger partial charge in [0.25, 0.3) is 5.91 Å². The Hall–Kier alpha value is -3.01. The molecule has 1 aromatic carbocycles. The smallest absolute Gasteiger partial charge is 0.480 e. The topological polar surface area (TPSA) is 89.7 Å². The van der Waals surface area contributed by atoms with Crippen molar-refractivity contribution in [3.05, 3.63) is 36.0 Å². The standard InChI is InChI=1S/C24H29F3N4O3/c1-14(15-7-8-15)30-21(32)18-12-29-22(33-3)19(20(18)31-10-9-23(2,28)13-31)16-5-4-6-17(11-16)34-24(25,26)27/h4-6,11-12,14-15H,7-10,13,28H2,1-3H3,(H,30,32)/t14?,23-/m0/s1. The zero-order valence-corrected chi connectivity index (χ0v) is 19.4. The van der Waals surface area contributed by atoms with E-state index in [0.717, 1.165) is 12.8 Å². The number of carbonyl (C=O) groups excluding carboxylic acids is 1. The lowest BCUT2D eigenvalue weighted by molar-refractivity contribution is -0.274. The fourth-order valence-corrected chi connectivity index (χ4v) is 4.42. The quantitative estimate of drug-likeness (QED) is 0.623. The van der Waals surface area contributed by atoms with Crippen LogP contribution in [0.15, 0.2) is 30.5 Å². The number of carbonyl (C=O) groups is 1. The van der Waals surface area contributed by atoms with E-state index in [4.69, 9.17) is 10.5 Å². The summed E-state index contributed by atoms with van der Waals surface area (Å²) in [6.07, 6.45) is -0.544. The number of alkyl halides is 3. The van der Waals surface area contributed by atoms with Gasteiger partial charge in [-0.1, -0.05) is 12.1 Å². The molecule has 184 valence electrons. The van der Waals surface area contributed by atoms with Crippen LogP contribution in [0.25, 0.3) is 11.1 Å². The molecule has 7 nitrogen and oxygen atoms in total. The molecule has 2 atom stereocenters. The molecule has 2 fully saturated rings. The van der Waals surface area contributed by atoms with Crippen LogP contribution in [-0.4, -0.2) is 49.0 Å². The fourth-order valence-electron chi connectivity index (χ4n) is 4.42. The normalized spacial score (nSPS) is 21.3. The van der Waals surface area contributed by atoms with Gasteiger partial charge in [-0.2, -0.15) is 0 Å². The minimum Gasteiger partial charge on any atom is -0.480 e. The molecule has 2 heterocycles. The molecule has 1 amide bonds. The first kappa shape index (κ1) is 24.1. The Morgan fingerprint density at radius 2 is 2.09 bits per heavy atom. The first-order chi connectivity index (χ1) is 16.0. The van der Waals surface area contributed by atoms with E-state index >= 15 is 0 Å². The summed E-state index contributed by atoms with van der Waals surface area (Å²) in [7, 11) is 1.43. The molecule has 0 radical (unpaired) electrons. The molecule has 1 aromatic heterocycles. The van der Waals surface area contributed by atoms with Crippen molar-refractivity contribution < 1.29 is 27.4 Å². The number of halogens is 3. The van der Waals surface area contributed by atoms with Crippen LogP contribution in [0.1, 0.15) is 43.5 Å². The highest BCUT2D eigenvalue weighted by atomic mass is 19.4. The van der Waals surface area contributed by atoms with Gasteiger partial charge in [0.1, 0.15) is 5.75 Å². The van der Waals surface area contributed by atoms with E-state index in [9.17, 15) is 18.0 Å². The summed E-state index contributed by atoms with van der Waals surface area (Å²) in [5, 5.41) is 3.05. The summed E-state index contributed by atoms with van der Waals surface area (Å²) >= 11 is 0. The first-order valence-corrected chi connectivity index (χ1v) is 11.3. The van der Waals surface area contributed by atoms with Crippen LogP contribution in [0.4, 0.5) is 18.9 Å². The van der Waals surface area contributed by atoms with Gasteiger partial charge >= 0.3 is 6.36 Å². The highest BCUT2D eigenvalue weighted by Crippen LogP contribution is 2.43. The Labute approximate surface area is 196 Å². The van der Waals surface area contributed by atoms with Gasteiger partial charge in [-0.15, -0.1) is 13.2 Å². The molecule has 3 N–H and O–H groups in total. The van der Waals surface area contributed by atoms with Gasteiger partial charge in [0.15, 0.2) is 0 Å². The highest BCUT2D eigenvalue weighted by Gasteiger charge is 2.36. The van der Waals surface area contributed by atoms with E-state index in [1.165, 1.54) is 31.5 Å². The first-order valence-electron chi connectivity index (χ1n) is 11.3. The average molecular weight is 479 g/mol. The Bertz CT molecular complexity index is 1070. The van der Waals surface area contributed by atoms with Crippen LogP contribution in [0, 0.1) is 5.92 Å². The van der Waals surface area contributed by atoms with Crippen molar-refractivity contribution in [3.63, 3.8) is 0 Å². The van der Waals surface area contributed by atoms with Crippen molar-refractivity contribution in [2.45, 2.75) is 51.1 Å². The third kappa shape index (κ3) is 5.38. The zero-order chi connectivity index (χ0) is 24.7. The fraction of sp³-hybridized carbons (Fsp3) is 0.500. The molecule has 1 saturated carbocycles. The van der Waals surface area contributed by atoms with Gasteiger partial charge in [-0.25, -0.2) is 4.98 Å². The van der Waals surface area contributed by atoms with Crippen LogP contribution < -0.4 is 25.4 Å². The van der Waals surface area contributed by atoms with Gasteiger partial charge in [-0.3, -0.25) is 4.79 Å². The zero-order valence-electron chi connectivity index (χ0n) is 19.4.